The van der Waals surface area contributed by atoms with Gasteiger partial charge in [0.25, 0.3) is 0 Å². The van der Waals surface area contributed by atoms with Crippen molar-refractivity contribution < 1.29 is 4.42 Å². The molecule has 0 radical (unpaired) electrons. The molecule has 22 heavy (non-hydrogen) atoms. The maximum atomic E-state index is 9.32. The Morgan fingerprint density at radius 2 is 1.59 bits per heavy atom. The molecule has 2 aromatic carbocycles. The van der Waals surface area contributed by atoms with Gasteiger partial charge in [0.15, 0.2) is 5.09 Å². The van der Waals surface area contributed by atoms with Crippen LogP contribution < -0.4 is 0 Å². The number of hydrogen-bond donors (Lipinski definition) is 0. The predicted octanol–water partition coefficient (Wildman–Crippen LogP) is 5.49. The molecule has 0 unspecified atom stereocenters. The van der Waals surface area contributed by atoms with Crippen LogP contribution in [0.25, 0.3) is 11.6 Å². The highest BCUT2D eigenvalue weighted by molar-refractivity contribution is 7.99. The fraction of sp³-hybridized carbons (Fsp3) is 0. The van der Waals surface area contributed by atoms with E-state index in [4.69, 9.17) is 4.42 Å². The number of nitriles is 1. The Labute approximate surface area is 133 Å². The van der Waals surface area contributed by atoms with Gasteiger partial charge >= 0.3 is 0 Å². The Morgan fingerprint density at radius 3 is 2.27 bits per heavy atom. The van der Waals surface area contributed by atoms with E-state index in [1.54, 1.807) is 17.8 Å². The molecule has 1 heterocycles. The summed E-state index contributed by atoms with van der Waals surface area (Å²) in [5.74, 6) is 0.679. The lowest BCUT2D eigenvalue weighted by molar-refractivity contribution is 0.466. The lowest BCUT2D eigenvalue weighted by atomic mass is 10.1. The van der Waals surface area contributed by atoms with Crippen molar-refractivity contribution in [1.82, 2.24) is 0 Å². The SMILES string of the molecule is N#C/C(=C/c1ccc(Sc2ccccc2)o1)c1ccccc1. The first kappa shape index (κ1) is 14.2. The van der Waals surface area contributed by atoms with Crippen molar-refractivity contribution in [2.45, 2.75) is 9.99 Å². The van der Waals surface area contributed by atoms with Crippen LogP contribution in [0.4, 0.5) is 0 Å². The van der Waals surface area contributed by atoms with Gasteiger partial charge in [0, 0.05) is 4.90 Å². The van der Waals surface area contributed by atoms with Gasteiger partial charge in [-0.1, -0.05) is 60.3 Å². The lowest BCUT2D eigenvalue weighted by Gasteiger charge is -1.98. The molecular formula is C19H13NOS. The van der Waals surface area contributed by atoms with Gasteiger partial charge < -0.3 is 4.42 Å². The average Bonchev–Trinajstić information content (AvgIpc) is 3.01. The second kappa shape index (κ2) is 6.84. The predicted molar refractivity (Wildman–Crippen MR) is 89.2 cm³/mol. The van der Waals surface area contributed by atoms with Gasteiger partial charge in [-0.05, 0) is 35.9 Å². The van der Waals surface area contributed by atoms with Gasteiger partial charge in [-0.25, -0.2) is 0 Å². The summed E-state index contributed by atoms with van der Waals surface area (Å²) < 4.78 is 5.78. The largest absolute Gasteiger partial charge is 0.450 e. The van der Waals surface area contributed by atoms with E-state index in [9.17, 15) is 5.26 Å². The second-order valence-corrected chi connectivity index (χ2v) is 5.69. The summed E-state index contributed by atoms with van der Waals surface area (Å²) in [6, 6.07) is 25.7. The normalized spacial score (nSPS) is 11.1. The third-order valence-corrected chi connectivity index (χ3v) is 3.98. The monoisotopic (exact) mass is 303 g/mol. The Hall–Kier alpha value is -2.70. The van der Waals surface area contributed by atoms with E-state index in [0.29, 0.717) is 11.3 Å². The van der Waals surface area contributed by atoms with Crippen molar-refractivity contribution >= 4 is 23.4 Å². The molecule has 0 bridgehead atoms. The summed E-state index contributed by atoms with van der Waals surface area (Å²) >= 11 is 1.56. The third kappa shape index (κ3) is 3.49. The molecule has 0 spiro atoms. The highest BCUT2D eigenvalue weighted by Gasteiger charge is 2.05. The van der Waals surface area contributed by atoms with Gasteiger partial charge in [-0.15, -0.1) is 0 Å². The van der Waals surface area contributed by atoms with Gasteiger partial charge in [-0.3, -0.25) is 0 Å². The standard InChI is InChI=1S/C19H13NOS/c20-14-16(15-7-3-1-4-8-15)13-17-11-12-19(21-17)22-18-9-5-2-6-10-18/h1-13H/b16-13-. The molecule has 0 aliphatic carbocycles. The first-order chi connectivity index (χ1) is 10.8. The zero-order valence-electron chi connectivity index (χ0n) is 11.8. The number of nitrogens with zero attached hydrogens (tertiary/aromatic N) is 1. The van der Waals surface area contributed by atoms with E-state index < -0.39 is 0 Å². The Balaban J connectivity index is 1.82. The highest BCUT2D eigenvalue weighted by Crippen LogP contribution is 2.30. The summed E-state index contributed by atoms with van der Waals surface area (Å²) in [4.78, 5) is 1.12. The molecule has 3 heteroatoms. The number of benzene rings is 2. The smallest absolute Gasteiger partial charge is 0.165 e. The molecule has 0 saturated carbocycles. The minimum absolute atomic E-state index is 0.589. The molecule has 0 N–H and O–H groups in total. The van der Waals surface area contributed by atoms with Crippen molar-refractivity contribution in [3.63, 3.8) is 0 Å². The molecule has 3 rings (SSSR count). The summed E-state index contributed by atoms with van der Waals surface area (Å²) in [6.45, 7) is 0. The van der Waals surface area contributed by atoms with E-state index in [1.807, 2.05) is 72.8 Å². The molecule has 0 saturated heterocycles. The summed E-state index contributed by atoms with van der Waals surface area (Å²) in [5.41, 5.74) is 1.48. The first-order valence-electron chi connectivity index (χ1n) is 6.85. The Kier molecular flexibility index (Phi) is 4.43. The van der Waals surface area contributed by atoms with Gasteiger partial charge in [-0.2, -0.15) is 5.26 Å². The topological polar surface area (TPSA) is 36.9 Å². The van der Waals surface area contributed by atoms with Crippen LogP contribution >= 0.6 is 11.8 Å². The van der Waals surface area contributed by atoms with Crippen molar-refractivity contribution in [2.24, 2.45) is 0 Å². The van der Waals surface area contributed by atoms with E-state index in [1.165, 1.54) is 0 Å². The van der Waals surface area contributed by atoms with Crippen LogP contribution in [-0.4, -0.2) is 0 Å². The molecule has 0 amide bonds. The zero-order chi connectivity index (χ0) is 15.2. The van der Waals surface area contributed by atoms with Crippen LogP contribution in [0, 0.1) is 11.3 Å². The molecule has 106 valence electrons. The quantitative estimate of drug-likeness (QED) is 0.598. The van der Waals surface area contributed by atoms with E-state index in [-0.39, 0.29) is 0 Å². The minimum atomic E-state index is 0.589. The maximum Gasteiger partial charge on any atom is 0.165 e. The molecule has 0 aliphatic rings. The Bertz CT molecular complexity index is 813. The first-order valence-corrected chi connectivity index (χ1v) is 7.67. The van der Waals surface area contributed by atoms with E-state index in [0.717, 1.165) is 15.6 Å². The van der Waals surface area contributed by atoms with Crippen LogP contribution in [0.2, 0.25) is 0 Å². The van der Waals surface area contributed by atoms with Gasteiger partial charge in [0.1, 0.15) is 5.76 Å². The maximum absolute atomic E-state index is 9.32. The number of allylic oxidation sites excluding steroid dienone is 1. The summed E-state index contributed by atoms with van der Waals surface area (Å²) in [6.07, 6.45) is 1.77. The molecule has 0 atom stereocenters. The van der Waals surface area contributed by atoms with Gasteiger partial charge in [0.2, 0.25) is 0 Å². The van der Waals surface area contributed by atoms with Gasteiger partial charge in [0.05, 0.1) is 11.6 Å². The van der Waals surface area contributed by atoms with E-state index in [2.05, 4.69) is 6.07 Å². The highest BCUT2D eigenvalue weighted by atomic mass is 32.2. The second-order valence-electron chi connectivity index (χ2n) is 4.61. The summed E-state index contributed by atoms with van der Waals surface area (Å²) in [7, 11) is 0. The van der Waals surface area contributed by atoms with Crippen molar-refractivity contribution in [2.75, 3.05) is 0 Å². The number of furan rings is 1. The molecular weight excluding hydrogens is 290 g/mol. The van der Waals surface area contributed by atoms with Crippen LogP contribution in [-0.2, 0) is 0 Å². The average molecular weight is 303 g/mol. The molecule has 2 nitrogen and oxygen atoms in total. The van der Waals surface area contributed by atoms with Crippen LogP contribution in [0.1, 0.15) is 11.3 Å². The lowest BCUT2D eigenvalue weighted by Crippen LogP contribution is -1.79. The third-order valence-electron chi connectivity index (χ3n) is 3.06. The van der Waals surface area contributed by atoms with Crippen LogP contribution in [0.3, 0.4) is 0 Å². The van der Waals surface area contributed by atoms with Crippen molar-refractivity contribution in [1.29, 1.82) is 5.26 Å². The molecule has 3 aromatic rings. The van der Waals surface area contributed by atoms with Crippen molar-refractivity contribution in [3.05, 3.63) is 84.1 Å². The fourth-order valence-corrected chi connectivity index (χ4v) is 2.81. The molecule has 1 aromatic heterocycles. The zero-order valence-corrected chi connectivity index (χ0v) is 12.6. The van der Waals surface area contributed by atoms with Crippen molar-refractivity contribution in [3.8, 4) is 6.07 Å². The fourth-order valence-electron chi connectivity index (χ4n) is 2.01. The van der Waals surface area contributed by atoms with E-state index >= 15 is 0 Å². The van der Waals surface area contributed by atoms with Crippen LogP contribution in [0.5, 0.6) is 0 Å². The Morgan fingerprint density at radius 1 is 0.909 bits per heavy atom. The number of rotatable bonds is 4. The van der Waals surface area contributed by atoms with Crippen LogP contribution in [0.15, 0.2) is 87.2 Å². The minimum Gasteiger partial charge on any atom is -0.450 e. The summed E-state index contributed by atoms with van der Waals surface area (Å²) in [5, 5.41) is 10.1. The molecule has 0 aliphatic heterocycles. The number of hydrogen-bond acceptors (Lipinski definition) is 3. The molecule has 0 fully saturated rings.